The van der Waals surface area contributed by atoms with E-state index in [1.165, 1.54) is 57.8 Å². The summed E-state index contributed by atoms with van der Waals surface area (Å²) in [4.78, 5) is 14.6. The molecular formula is C25H46N2NaO6S+. The number of ketones is 1. The Bertz CT molecular complexity index is 729. The SMILES string of the molecule is C=CCCCCCCCCCCCCCCC(=O)C1=[N+](CC(O)CS(=O)(=O)[O-])CCN1CCO.[Na+]. The fraction of sp³-hybridized carbons (Fsp3) is 0.840. The van der Waals surface area contributed by atoms with E-state index in [4.69, 9.17) is 0 Å². The number of carbonyl (C=O) groups is 1. The van der Waals surface area contributed by atoms with Crippen LogP contribution in [0, 0.1) is 0 Å². The molecule has 0 saturated heterocycles. The number of allylic oxidation sites excluding steroid dienone is 1. The summed E-state index contributed by atoms with van der Waals surface area (Å²) in [5.41, 5.74) is 0. The van der Waals surface area contributed by atoms with Gasteiger partial charge in [0, 0.05) is 6.42 Å². The Morgan fingerprint density at radius 1 is 1.03 bits per heavy atom. The number of hydrogen-bond acceptors (Lipinski definition) is 7. The first-order valence-corrected chi connectivity index (χ1v) is 14.6. The van der Waals surface area contributed by atoms with Crippen LogP contribution in [-0.4, -0.2) is 88.9 Å². The minimum absolute atomic E-state index is 0. The number of aliphatic hydroxyl groups excluding tert-OH is 2. The number of Topliss-reactive ketones (excluding diaryl/α,β-unsaturated/α-hetero) is 1. The van der Waals surface area contributed by atoms with Gasteiger partial charge in [0.25, 0.3) is 0 Å². The zero-order valence-electron chi connectivity index (χ0n) is 21.8. The van der Waals surface area contributed by atoms with Gasteiger partial charge in [-0.1, -0.05) is 70.3 Å². The van der Waals surface area contributed by atoms with Crippen molar-refractivity contribution in [1.82, 2.24) is 4.90 Å². The largest absolute Gasteiger partial charge is 1.00 e. The molecule has 198 valence electrons. The molecule has 8 nitrogen and oxygen atoms in total. The number of nitrogens with zero attached hydrogens (tertiary/aromatic N) is 2. The van der Waals surface area contributed by atoms with E-state index in [0.717, 1.165) is 25.7 Å². The summed E-state index contributed by atoms with van der Waals surface area (Å²) in [5.74, 6) is -0.516. The van der Waals surface area contributed by atoms with Crippen LogP contribution in [0.15, 0.2) is 12.7 Å². The molecule has 10 heteroatoms. The molecule has 0 aromatic rings. The molecule has 1 aliphatic rings. The van der Waals surface area contributed by atoms with Crippen LogP contribution in [0.3, 0.4) is 0 Å². The van der Waals surface area contributed by atoms with E-state index in [0.29, 0.717) is 31.9 Å². The third-order valence-electron chi connectivity index (χ3n) is 6.25. The zero-order chi connectivity index (χ0) is 25.2. The van der Waals surface area contributed by atoms with Crippen molar-refractivity contribution in [1.29, 1.82) is 0 Å². The Balaban J connectivity index is 0.0000116. The van der Waals surface area contributed by atoms with Crippen molar-refractivity contribution in [3.8, 4) is 0 Å². The normalized spacial score (nSPS) is 14.8. The Labute approximate surface area is 234 Å². The van der Waals surface area contributed by atoms with E-state index in [2.05, 4.69) is 6.58 Å². The van der Waals surface area contributed by atoms with Gasteiger partial charge < -0.3 is 14.8 Å². The molecule has 0 aromatic carbocycles. The molecule has 1 unspecified atom stereocenters. The molecular weight excluding hydrogens is 479 g/mol. The van der Waals surface area contributed by atoms with E-state index in [-0.39, 0.29) is 48.5 Å². The van der Waals surface area contributed by atoms with Crippen LogP contribution >= 0.6 is 0 Å². The quantitative estimate of drug-likeness (QED) is 0.0662. The van der Waals surface area contributed by atoms with Gasteiger partial charge in [-0.3, -0.25) is 14.3 Å². The van der Waals surface area contributed by atoms with Crippen LogP contribution in [0.5, 0.6) is 0 Å². The minimum atomic E-state index is -4.54. The molecule has 0 saturated carbocycles. The second-order valence-electron chi connectivity index (χ2n) is 9.35. The summed E-state index contributed by atoms with van der Waals surface area (Å²) < 4.78 is 34.4. The number of rotatable bonds is 22. The van der Waals surface area contributed by atoms with Crippen molar-refractivity contribution >= 4 is 21.7 Å². The van der Waals surface area contributed by atoms with E-state index in [1.54, 1.807) is 9.48 Å². The first kappa shape index (κ1) is 34.7. The summed E-state index contributed by atoms with van der Waals surface area (Å²) in [6.07, 6.45) is 16.6. The number of aliphatic hydroxyl groups is 2. The molecule has 0 radical (unpaired) electrons. The van der Waals surface area contributed by atoms with Gasteiger partial charge in [-0.05, 0) is 19.3 Å². The zero-order valence-corrected chi connectivity index (χ0v) is 24.7. The van der Waals surface area contributed by atoms with Gasteiger partial charge in [0.1, 0.15) is 32.3 Å². The molecule has 1 atom stereocenters. The van der Waals surface area contributed by atoms with Gasteiger partial charge in [-0.15, -0.1) is 6.58 Å². The Kier molecular flexibility index (Phi) is 20.6. The average Bonchev–Trinajstić information content (AvgIpc) is 3.14. The van der Waals surface area contributed by atoms with Crippen LogP contribution in [0.2, 0.25) is 0 Å². The van der Waals surface area contributed by atoms with Crippen molar-refractivity contribution in [2.75, 3.05) is 38.5 Å². The molecule has 0 fully saturated rings. The Hall–Kier alpha value is -0.290. The second kappa shape index (κ2) is 20.7. The Morgan fingerprint density at radius 3 is 2.03 bits per heavy atom. The topological polar surface area (TPSA) is 121 Å². The summed E-state index contributed by atoms with van der Waals surface area (Å²) in [6.45, 7) is 4.84. The molecule has 1 heterocycles. The fourth-order valence-corrected chi connectivity index (χ4v) is 5.10. The molecule has 0 aliphatic carbocycles. The van der Waals surface area contributed by atoms with Crippen LogP contribution in [0.4, 0.5) is 0 Å². The summed E-state index contributed by atoms with van der Waals surface area (Å²) in [6, 6.07) is 0. The van der Waals surface area contributed by atoms with Gasteiger partial charge >= 0.3 is 35.4 Å². The first-order valence-electron chi connectivity index (χ1n) is 13.0. The maximum absolute atomic E-state index is 12.9. The predicted octanol–water partition coefficient (Wildman–Crippen LogP) is -0.168. The van der Waals surface area contributed by atoms with Crippen LogP contribution < -0.4 is 29.6 Å². The van der Waals surface area contributed by atoms with Crippen molar-refractivity contribution in [3.63, 3.8) is 0 Å². The Morgan fingerprint density at radius 2 is 1.54 bits per heavy atom. The van der Waals surface area contributed by atoms with Gasteiger partial charge in [-0.2, -0.15) is 0 Å². The van der Waals surface area contributed by atoms with Gasteiger partial charge in [0.05, 0.1) is 22.5 Å². The number of hydrogen-bond donors (Lipinski definition) is 2. The summed E-state index contributed by atoms with van der Waals surface area (Å²) in [7, 11) is -4.54. The van der Waals surface area contributed by atoms with Crippen molar-refractivity contribution < 1.29 is 62.1 Å². The fourth-order valence-electron chi connectivity index (χ4n) is 4.52. The monoisotopic (exact) mass is 525 g/mol. The number of amidine groups is 1. The summed E-state index contributed by atoms with van der Waals surface area (Å²) >= 11 is 0. The first-order chi connectivity index (χ1) is 16.3. The molecule has 1 rings (SSSR count). The minimum Gasteiger partial charge on any atom is -0.748 e. The van der Waals surface area contributed by atoms with Gasteiger partial charge in [-0.25, -0.2) is 8.42 Å². The van der Waals surface area contributed by atoms with E-state index in [9.17, 15) is 28.0 Å². The van der Waals surface area contributed by atoms with Crippen LogP contribution in [0.25, 0.3) is 0 Å². The molecule has 0 aromatic heterocycles. The second-order valence-corrected chi connectivity index (χ2v) is 10.8. The van der Waals surface area contributed by atoms with Crippen molar-refractivity contribution in [3.05, 3.63) is 12.7 Å². The van der Waals surface area contributed by atoms with Gasteiger partial charge in [0.15, 0.2) is 0 Å². The third kappa shape index (κ3) is 17.0. The smallest absolute Gasteiger partial charge is 0.748 e. The number of carbonyl (C=O) groups excluding carboxylic acids is 1. The van der Waals surface area contributed by atoms with Gasteiger partial charge in [0.2, 0.25) is 5.78 Å². The number of β-amino-alcohol motifs (C(OH)–C–C–N with tert-alkyl or cyclic N) is 2. The van der Waals surface area contributed by atoms with Crippen LogP contribution in [0.1, 0.15) is 89.9 Å². The van der Waals surface area contributed by atoms with E-state index < -0.39 is 22.0 Å². The van der Waals surface area contributed by atoms with Crippen LogP contribution in [-0.2, 0) is 14.9 Å². The number of unbranched alkanes of at least 4 members (excludes halogenated alkanes) is 12. The molecule has 1 aliphatic heterocycles. The van der Waals surface area contributed by atoms with E-state index >= 15 is 0 Å². The average molecular weight is 526 g/mol. The maximum Gasteiger partial charge on any atom is 1.00 e. The maximum atomic E-state index is 12.9. The summed E-state index contributed by atoms with van der Waals surface area (Å²) in [5, 5.41) is 19.3. The molecule has 0 amide bonds. The predicted molar refractivity (Wildman–Crippen MR) is 134 cm³/mol. The van der Waals surface area contributed by atoms with Crippen molar-refractivity contribution in [2.45, 2.75) is 96.0 Å². The molecule has 2 N–H and O–H groups in total. The van der Waals surface area contributed by atoms with E-state index in [1.807, 2.05) is 6.08 Å². The molecule has 35 heavy (non-hydrogen) atoms. The van der Waals surface area contributed by atoms with Crippen molar-refractivity contribution in [2.24, 2.45) is 0 Å². The molecule has 0 spiro atoms. The standard InChI is InChI=1S/C25H46N2O6S.Na/c1-2-3-4-5-6-7-8-9-10-11-12-13-14-15-16-24(30)25-26(19-20-28)17-18-27(25)21-23(29)22-34(31,32)33;/h2,23,28-29H,1,3-22H2;/q;+1. The third-order valence-corrected chi connectivity index (χ3v) is 7.04. The molecule has 0 bridgehead atoms.